The number of hydrogen-bond acceptors (Lipinski definition) is 7. The summed E-state index contributed by atoms with van der Waals surface area (Å²) in [7, 11) is 1.28. The van der Waals surface area contributed by atoms with Crippen molar-refractivity contribution >= 4 is 34.3 Å². The van der Waals surface area contributed by atoms with Crippen LogP contribution in [-0.4, -0.2) is 59.7 Å². The Morgan fingerprint density at radius 3 is 2.53 bits per heavy atom. The van der Waals surface area contributed by atoms with Crippen LogP contribution in [0.25, 0.3) is 22.0 Å². The lowest BCUT2D eigenvalue weighted by molar-refractivity contribution is -0.151. The van der Waals surface area contributed by atoms with Gasteiger partial charge in [-0.3, -0.25) is 19.8 Å². The molecule has 1 aromatic heterocycles. The molecule has 13 heteroatoms. The third-order valence-corrected chi connectivity index (χ3v) is 6.53. The molecule has 0 aliphatic carbocycles. The number of nitrogens with zero attached hydrogens (tertiary/aromatic N) is 1. The maximum Gasteiger partial charge on any atom is 0.417 e. The zero-order valence-electron chi connectivity index (χ0n) is 20.0. The summed E-state index contributed by atoms with van der Waals surface area (Å²) in [5, 5.41) is 12.6. The van der Waals surface area contributed by atoms with Crippen molar-refractivity contribution < 1.29 is 37.4 Å². The van der Waals surface area contributed by atoms with Crippen molar-refractivity contribution in [1.82, 2.24) is 10.3 Å². The van der Waals surface area contributed by atoms with Crippen molar-refractivity contribution in [3.05, 3.63) is 64.4 Å². The van der Waals surface area contributed by atoms with Gasteiger partial charge < -0.3 is 20.6 Å². The number of fused-ring (bicyclic) bond motifs is 1. The molecular weight excluding hydrogens is 509 g/mol. The van der Waals surface area contributed by atoms with Crippen molar-refractivity contribution in [2.75, 3.05) is 25.0 Å². The Kier molecular flexibility index (Phi) is 7.00. The third kappa shape index (κ3) is 4.73. The fourth-order valence-corrected chi connectivity index (χ4v) is 4.55. The normalized spacial score (nSPS) is 17.3. The van der Waals surface area contributed by atoms with Crippen LogP contribution in [0.5, 0.6) is 0 Å². The summed E-state index contributed by atoms with van der Waals surface area (Å²) in [6.45, 7) is -0.658. The Morgan fingerprint density at radius 2 is 1.89 bits per heavy atom. The lowest BCUT2D eigenvalue weighted by atomic mass is 9.87. The minimum absolute atomic E-state index is 0.0227. The molecule has 1 fully saturated rings. The molecule has 0 bridgehead atoms. The van der Waals surface area contributed by atoms with Gasteiger partial charge in [0.1, 0.15) is 6.10 Å². The molecule has 3 aromatic rings. The molecule has 5 N–H and O–H groups in total. The molecule has 1 saturated heterocycles. The number of Topliss-reactive ketones (excluding diaryl/α,β-unsaturated/α-hetero) is 1. The van der Waals surface area contributed by atoms with Crippen molar-refractivity contribution in [2.45, 2.75) is 24.2 Å². The van der Waals surface area contributed by atoms with Gasteiger partial charge in [0.25, 0.3) is 5.56 Å². The highest BCUT2D eigenvalue weighted by atomic mass is 19.4. The number of cyclic esters (lactones) is 1. The molecule has 4 rings (SSSR count). The molecule has 1 aliphatic heterocycles. The van der Waals surface area contributed by atoms with Gasteiger partial charge in [-0.2, -0.15) is 13.2 Å². The molecule has 38 heavy (non-hydrogen) atoms. The molecule has 200 valence electrons. The third-order valence-electron chi connectivity index (χ3n) is 6.53. The van der Waals surface area contributed by atoms with Crippen LogP contribution in [0.15, 0.2) is 53.3 Å². The highest BCUT2D eigenvalue weighted by Crippen LogP contribution is 2.37. The first-order chi connectivity index (χ1) is 17.9. The van der Waals surface area contributed by atoms with E-state index in [2.05, 4.69) is 10.3 Å². The van der Waals surface area contributed by atoms with Gasteiger partial charge in [-0.1, -0.05) is 24.3 Å². The smallest absolute Gasteiger partial charge is 0.417 e. The number of carbonyl (C=O) groups is 3. The number of likely N-dealkylation sites (N-methyl/N-ethyl adjacent to an activating group) is 1. The minimum Gasteiger partial charge on any atom is -0.480 e. The van der Waals surface area contributed by atoms with E-state index in [1.807, 2.05) is 0 Å². The average molecular weight is 532 g/mol. The number of alkyl halides is 3. The van der Waals surface area contributed by atoms with Crippen LogP contribution >= 0.6 is 0 Å². The monoisotopic (exact) mass is 532 g/mol. The number of nitrogens with one attached hydrogen (secondary N) is 2. The van der Waals surface area contributed by atoms with Gasteiger partial charge in [-0.05, 0) is 36.7 Å². The number of aliphatic carboxylic acids is 1. The van der Waals surface area contributed by atoms with E-state index in [0.29, 0.717) is 5.39 Å². The molecule has 1 unspecified atom stereocenters. The van der Waals surface area contributed by atoms with Gasteiger partial charge >= 0.3 is 18.2 Å². The second-order valence-electron chi connectivity index (χ2n) is 8.74. The number of anilines is 1. The molecule has 2 atom stereocenters. The Balaban J connectivity index is 1.65. The summed E-state index contributed by atoms with van der Waals surface area (Å²) in [5.74, 6) is -2.26. The van der Waals surface area contributed by atoms with Crippen LogP contribution < -0.4 is 21.5 Å². The van der Waals surface area contributed by atoms with Crippen LogP contribution in [-0.2, 0) is 20.5 Å². The van der Waals surface area contributed by atoms with Crippen LogP contribution in [0.3, 0.4) is 0 Å². The number of halogens is 3. The van der Waals surface area contributed by atoms with Crippen LogP contribution in [0, 0.1) is 0 Å². The maximum absolute atomic E-state index is 13.5. The quantitative estimate of drug-likeness (QED) is 0.323. The predicted molar refractivity (Wildman–Crippen MR) is 131 cm³/mol. The SMILES string of the molecule is CNC(C[C@H]1CN(c2ccc3cc(-c4ccccc4C(F)(F)F)[nH]c(=O)c3c2)C(=O)O1)(C(=O)O)C(=O)CN. The number of ether oxygens (including phenoxy) is 1. The zero-order valence-corrected chi connectivity index (χ0v) is 20.0. The molecule has 1 amide bonds. The molecule has 2 aromatic carbocycles. The summed E-state index contributed by atoms with van der Waals surface area (Å²) < 4.78 is 45.7. The summed E-state index contributed by atoms with van der Waals surface area (Å²) in [6.07, 6.45) is -6.82. The fourth-order valence-electron chi connectivity index (χ4n) is 4.55. The van der Waals surface area contributed by atoms with Crippen LogP contribution in [0.1, 0.15) is 12.0 Å². The first kappa shape index (κ1) is 26.8. The number of carboxylic acid groups (broad SMARTS) is 1. The van der Waals surface area contributed by atoms with Crippen molar-refractivity contribution in [1.29, 1.82) is 0 Å². The highest BCUT2D eigenvalue weighted by Gasteiger charge is 2.48. The lowest BCUT2D eigenvalue weighted by Gasteiger charge is -2.28. The number of aromatic amines is 1. The maximum atomic E-state index is 13.5. The molecular formula is C25H23F3N4O6. The van der Waals surface area contributed by atoms with E-state index in [0.717, 1.165) is 6.07 Å². The number of hydrogen-bond donors (Lipinski definition) is 4. The number of carbonyl (C=O) groups excluding carboxylic acids is 2. The topological polar surface area (TPSA) is 155 Å². The first-order valence-corrected chi connectivity index (χ1v) is 11.4. The molecule has 0 saturated carbocycles. The second kappa shape index (κ2) is 9.91. The minimum atomic E-state index is -4.63. The molecule has 1 aliphatic rings. The Hall–Kier alpha value is -4.23. The molecule has 0 radical (unpaired) electrons. The second-order valence-corrected chi connectivity index (χ2v) is 8.74. The van der Waals surface area contributed by atoms with Crippen molar-refractivity contribution in [3.63, 3.8) is 0 Å². The van der Waals surface area contributed by atoms with E-state index in [1.165, 1.54) is 54.4 Å². The fraction of sp³-hybridized carbons (Fsp3) is 0.280. The summed E-state index contributed by atoms with van der Waals surface area (Å²) in [6, 6.07) is 10.6. The summed E-state index contributed by atoms with van der Waals surface area (Å²) in [5.41, 5.74) is 1.78. The van der Waals surface area contributed by atoms with Gasteiger partial charge in [0.15, 0.2) is 11.3 Å². The number of rotatable bonds is 8. The van der Waals surface area contributed by atoms with E-state index in [4.69, 9.17) is 10.5 Å². The van der Waals surface area contributed by atoms with E-state index in [1.54, 1.807) is 0 Å². The van der Waals surface area contributed by atoms with E-state index < -0.39 is 53.3 Å². The van der Waals surface area contributed by atoms with Crippen LogP contribution in [0.4, 0.5) is 23.7 Å². The molecule has 0 spiro atoms. The number of carboxylic acids is 1. The first-order valence-electron chi connectivity index (χ1n) is 11.4. The molecule has 2 heterocycles. The Morgan fingerprint density at radius 1 is 1.18 bits per heavy atom. The summed E-state index contributed by atoms with van der Waals surface area (Å²) >= 11 is 0. The zero-order chi connectivity index (χ0) is 27.8. The average Bonchev–Trinajstić information content (AvgIpc) is 3.25. The van der Waals surface area contributed by atoms with Crippen molar-refractivity contribution in [3.8, 4) is 11.3 Å². The lowest BCUT2D eigenvalue weighted by Crippen LogP contribution is -2.60. The van der Waals surface area contributed by atoms with Gasteiger partial charge in [0.2, 0.25) is 0 Å². The number of H-pyrrole nitrogens is 1. The predicted octanol–water partition coefficient (Wildman–Crippen LogP) is 2.50. The molecule has 10 nitrogen and oxygen atoms in total. The number of aromatic nitrogens is 1. The van der Waals surface area contributed by atoms with E-state index in [9.17, 15) is 37.5 Å². The van der Waals surface area contributed by atoms with Crippen molar-refractivity contribution in [2.24, 2.45) is 5.73 Å². The largest absolute Gasteiger partial charge is 0.480 e. The number of amides is 1. The number of pyridine rings is 1. The Labute approximate surface area is 213 Å². The summed E-state index contributed by atoms with van der Waals surface area (Å²) in [4.78, 5) is 53.3. The highest BCUT2D eigenvalue weighted by molar-refractivity contribution is 6.08. The standard InChI is InChI=1S/C25H23F3N4O6/c1-30-24(22(35)36,20(33)11-29)10-15-12-32(23(37)38-15)14-7-6-13-8-19(31-21(34)17(13)9-14)16-4-2-3-5-18(16)25(26,27)28/h2-9,15,30H,10-12,29H2,1H3,(H,31,34)(H,35,36)/t15-,24?/m0/s1. The van der Waals surface area contributed by atoms with Gasteiger partial charge in [-0.15, -0.1) is 0 Å². The number of benzene rings is 2. The van der Waals surface area contributed by atoms with Gasteiger partial charge in [0.05, 0.1) is 18.7 Å². The number of ketones is 1. The van der Waals surface area contributed by atoms with Gasteiger partial charge in [-0.25, -0.2) is 9.59 Å². The van der Waals surface area contributed by atoms with E-state index in [-0.39, 0.29) is 35.3 Å². The van der Waals surface area contributed by atoms with E-state index >= 15 is 0 Å². The number of nitrogens with two attached hydrogens (primary N) is 1. The van der Waals surface area contributed by atoms with Gasteiger partial charge in [0, 0.05) is 28.8 Å². The van der Waals surface area contributed by atoms with Crippen LogP contribution in [0.2, 0.25) is 0 Å². The Bertz CT molecular complexity index is 1490.